The van der Waals surface area contributed by atoms with E-state index < -0.39 is 0 Å². The van der Waals surface area contributed by atoms with Crippen LogP contribution < -0.4 is 5.63 Å². The van der Waals surface area contributed by atoms with Crippen molar-refractivity contribution in [2.75, 3.05) is 0 Å². The first-order chi connectivity index (χ1) is 8.72. The molecule has 0 aliphatic rings. The van der Waals surface area contributed by atoms with Crippen LogP contribution in [-0.4, -0.2) is 9.78 Å². The molecule has 0 fully saturated rings. The van der Waals surface area contributed by atoms with Crippen molar-refractivity contribution in [1.29, 1.82) is 0 Å². The Morgan fingerprint density at radius 2 is 2.22 bits per heavy atom. The number of aryl methyl sites for hydroxylation is 1. The summed E-state index contributed by atoms with van der Waals surface area (Å²) >= 11 is 0. The van der Waals surface area contributed by atoms with E-state index in [4.69, 9.17) is 4.42 Å². The Hall–Kier alpha value is -2.36. The SMILES string of the molecule is Cc1ccc2c(Cn3cccn3)cc(=O)oc2c1. The van der Waals surface area contributed by atoms with E-state index in [0.717, 1.165) is 16.5 Å². The summed E-state index contributed by atoms with van der Waals surface area (Å²) in [5.41, 5.74) is 2.30. The molecule has 0 saturated heterocycles. The molecule has 4 nitrogen and oxygen atoms in total. The lowest BCUT2D eigenvalue weighted by Crippen LogP contribution is -2.06. The van der Waals surface area contributed by atoms with Crippen LogP contribution in [0.1, 0.15) is 11.1 Å². The Morgan fingerprint density at radius 3 is 3.00 bits per heavy atom. The van der Waals surface area contributed by atoms with E-state index in [0.29, 0.717) is 12.1 Å². The van der Waals surface area contributed by atoms with Crippen molar-refractivity contribution in [3.8, 4) is 0 Å². The lowest BCUT2D eigenvalue weighted by Gasteiger charge is -2.06. The molecule has 0 bridgehead atoms. The summed E-state index contributed by atoms with van der Waals surface area (Å²) in [5, 5.41) is 5.10. The summed E-state index contributed by atoms with van der Waals surface area (Å²) in [6.45, 7) is 2.54. The Balaban J connectivity index is 2.18. The van der Waals surface area contributed by atoms with Crippen LogP contribution in [0.2, 0.25) is 0 Å². The van der Waals surface area contributed by atoms with Gasteiger partial charge in [0.2, 0.25) is 0 Å². The van der Waals surface area contributed by atoms with Gasteiger partial charge in [0, 0.05) is 23.8 Å². The molecule has 0 aliphatic carbocycles. The highest BCUT2D eigenvalue weighted by Gasteiger charge is 2.06. The average Bonchev–Trinajstić information content (AvgIpc) is 2.80. The highest BCUT2D eigenvalue weighted by atomic mass is 16.4. The quantitative estimate of drug-likeness (QED) is 0.646. The first-order valence-electron chi connectivity index (χ1n) is 5.73. The second-order valence-electron chi connectivity index (χ2n) is 4.29. The molecule has 0 N–H and O–H groups in total. The summed E-state index contributed by atoms with van der Waals surface area (Å²) in [6, 6.07) is 9.25. The van der Waals surface area contributed by atoms with Gasteiger partial charge in [0.1, 0.15) is 5.58 Å². The van der Waals surface area contributed by atoms with Gasteiger partial charge in [-0.2, -0.15) is 5.10 Å². The van der Waals surface area contributed by atoms with E-state index >= 15 is 0 Å². The van der Waals surface area contributed by atoms with E-state index in [9.17, 15) is 4.79 Å². The maximum atomic E-state index is 11.5. The smallest absolute Gasteiger partial charge is 0.336 e. The first-order valence-corrected chi connectivity index (χ1v) is 5.73. The van der Waals surface area contributed by atoms with Crippen LogP contribution in [0.15, 0.2) is 51.9 Å². The molecular weight excluding hydrogens is 228 g/mol. The first kappa shape index (κ1) is 10.8. The van der Waals surface area contributed by atoms with Crippen LogP contribution in [-0.2, 0) is 6.54 Å². The second kappa shape index (κ2) is 4.14. The molecular formula is C14H12N2O2. The number of aromatic nitrogens is 2. The van der Waals surface area contributed by atoms with E-state index in [2.05, 4.69) is 5.10 Å². The lowest BCUT2D eigenvalue weighted by molar-refractivity contribution is 0.556. The van der Waals surface area contributed by atoms with E-state index in [1.165, 1.54) is 6.07 Å². The fraction of sp³-hybridized carbons (Fsp3) is 0.143. The molecule has 0 spiro atoms. The van der Waals surface area contributed by atoms with Gasteiger partial charge in [-0.3, -0.25) is 4.68 Å². The third-order valence-electron chi connectivity index (χ3n) is 2.88. The minimum atomic E-state index is -0.324. The van der Waals surface area contributed by atoms with Gasteiger partial charge in [-0.15, -0.1) is 0 Å². The van der Waals surface area contributed by atoms with Crippen molar-refractivity contribution in [2.24, 2.45) is 0 Å². The summed E-state index contributed by atoms with van der Waals surface area (Å²) in [6.07, 6.45) is 3.59. The molecule has 2 heterocycles. The predicted molar refractivity (Wildman–Crippen MR) is 68.6 cm³/mol. The van der Waals surface area contributed by atoms with Gasteiger partial charge in [-0.05, 0) is 30.2 Å². The van der Waals surface area contributed by atoms with Gasteiger partial charge in [0.25, 0.3) is 0 Å². The average molecular weight is 240 g/mol. The Labute approximate surface area is 103 Å². The van der Waals surface area contributed by atoms with Crippen LogP contribution >= 0.6 is 0 Å². The number of fused-ring (bicyclic) bond motifs is 1. The molecule has 0 radical (unpaired) electrons. The van der Waals surface area contributed by atoms with Crippen LogP contribution in [0.25, 0.3) is 11.0 Å². The zero-order valence-electron chi connectivity index (χ0n) is 9.96. The van der Waals surface area contributed by atoms with E-state index in [-0.39, 0.29) is 5.63 Å². The summed E-state index contributed by atoms with van der Waals surface area (Å²) in [5.74, 6) is 0. The number of nitrogens with zero attached hydrogens (tertiary/aromatic N) is 2. The maximum absolute atomic E-state index is 11.5. The summed E-state index contributed by atoms with van der Waals surface area (Å²) in [7, 11) is 0. The van der Waals surface area contributed by atoms with Crippen molar-refractivity contribution in [2.45, 2.75) is 13.5 Å². The van der Waals surface area contributed by atoms with Gasteiger partial charge in [-0.25, -0.2) is 4.79 Å². The molecule has 0 amide bonds. The fourth-order valence-electron chi connectivity index (χ4n) is 2.04. The normalized spacial score (nSPS) is 10.9. The summed E-state index contributed by atoms with van der Waals surface area (Å²) < 4.78 is 7.00. The molecule has 18 heavy (non-hydrogen) atoms. The Kier molecular flexibility index (Phi) is 2.48. The molecule has 2 aromatic heterocycles. The molecule has 0 atom stereocenters. The monoisotopic (exact) mass is 240 g/mol. The zero-order chi connectivity index (χ0) is 12.5. The van der Waals surface area contributed by atoms with E-state index in [1.807, 2.05) is 37.4 Å². The van der Waals surface area contributed by atoms with Crippen molar-refractivity contribution in [3.63, 3.8) is 0 Å². The molecule has 1 aromatic carbocycles. The largest absolute Gasteiger partial charge is 0.423 e. The van der Waals surface area contributed by atoms with Crippen LogP contribution in [0, 0.1) is 6.92 Å². The van der Waals surface area contributed by atoms with Crippen molar-refractivity contribution in [3.05, 3.63) is 64.3 Å². The number of rotatable bonds is 2. The third kappa shape index (κ3) is 1.93. The maximum Gasteiger partial charge on any atom is 0.336 e. The van der Waals surface area contributed by atoms with Crippen LogP contribution in [0.4, 0.5) is 0 Å². The number of hydrogen-bond donors (Lipinski definition) is 0. The topological polar surface area (TPSA) is 48.0 Å². The molecule has 90 valence electrons. The minimum Gasteiger partial charge on any atom is -0.423 e. The summed E-state index contributed by atoms with van der Waals surface area (Å²) in [4.78, 5) is 11.5. The second-order valence-corrected chi connectivity index (χ2v) is 4.29. The standard InChI is InChI=1S/C14H12N2O2/c1-10-3-4-12-11(9-16-6-2-5-15-16)8-14(17)18-13(12)7-10/h2-8H,9H2,1H3. The highest BCUT2D eigenvalue weighted by molar-refractivity contribution is 5.80. The van der Waals surface area contributed by atoms with Crippen molar-refractivity contribution < 1.29 is 4.42 Å². The number of hydrogen-bond acceptors (Lipinski definition) is 3. The van der Waals surface area contributed by atoms with Gasteiger partial charge < -0.3 is 4.42 Å². The molecule has 0 unspecified atom stereocenters. The van der Waals surface area contributed by atoms with Crippen molar-refractivity contribution in [1.82, 2.24) is 9.78 Å². The predicted octanol–water partition coefficient (Wildman–Crippen LogP) is 2.35. The minimum absolute atomic E-state index is 0.324. The van der Waals surface area contributed by atoms with E-state index in [1.54, 1.807) is 10.9 Å². The van der Waals surface area contributed by atoms with Gasteiger partial charge in [-0.1, -0.05) is 12.1 Å². The van der Waals surface area contributed by atoms with Crippen molar-refractivity contribution >= 4 is 11.0 Å². The Morgan fingerprint density at radius 1 is 1.33 bits per heavy atom. The van der Waals surface area contributed by atoms with Gasteiger partial charge >= 0.3 is 5.63 Å². The lowest BCUT2D eigenvalue weighted by atomic mass is 10.1. The highest BCUT2D eigenvalue weighted by Crippen LogP contribution is 2.19. The van der Waals surface area contributed by atoms with Gasteiger partial charge in [0.15, 0.2) is 0 Å². The molecule has 0 aliphatic heterocycles. The molecule has 3 aromatic rings. The molecule has 0 saturated carbocycles. The Bertz CT molecular complexity index is 742. The fourth-order valence-corrected chi connectivity index (χ4v) is 2.04. The van der Waals surface area contributed by atoms with Gasteiger partial charge in [0.05, 0.1) is 6.54 Å². The third-order valence-corrected chi connectivity index (χ3v) is 2.88. The number of benzene rings is 1. The molecule has 3 rings (SSSR count). The zero-order valence-corrected chi connectivity index (χ0v) is 9.96. The molecule has 4 heteroatoms. The van der Waals surface area contributed by atoms with Crippen LogP contribution in [0.3, 0.4) is 0 Å². The van der Waals surface area contributed by atoms with Crippen LogP contribution in [0.5, 0.6) is 0 Å².